The lowest BCUT2D eigenvalue weighted by atomic mass is 9.84. The first-order chi connectivity index (χ1) is 21.6. The average Bonchev–Trinajstić information content (AvgIpc) is 3.48. The molecule has 5 nitrogen and oxygen atoms in total. The normalized spacial score (nSPS) is 13.8. The topological polar surface area (TPSA) is 77.0 Å². The maximum atomic E-state index is 11.8. The summed E-state index contributed by atoms with van der Waals surface area (Å²) < 4.78 is 0. The van der Waals surface area contributed by atoms with Crippen molar-refractivity contribution in [2.75, 3.05) is 0 Å². The Morgan fingerprint density at radius 2 is 0.955 bits per heavy atom. The van der Waals surface area contributed by atoms with Crippen LogP contribution in [-0.2, 0) is 4.79 Å². The van der Waals surface area contributed by atoms with Crippen LogP contribution in [0.25, 0.3) is 44.6 Å². The predicted octanol–water partition coefficient (Wildman–Crippen LogP) is 8.12. The second-order valence-corrected chi connectivity index (χ2v) is 10.4. The zero-order valence-corrected chi connectivity index (χ0v) is 23.5. The molecule has 0 fully saturated rings. The third-order valence-corrected chi connectivity index (χ3v) is 7.80. The third kappa shape index (κ3) is 4.76. The molecule has 9 rings (SSSR count). The van der Waals surface area contributed by atoms with Gasteiger partial charge in [-0.25, -0.2) is 0 Å². The number of ketones is 3. The Labute approximate surface area is 253 Å². The number of carbonyl (C=O) groups is 3. The van der Waals surface area contributed by atoms with Crippen molar-refractivity contribution >= 4 is 50.8 Å². The first-order valence-corrected chi connectivity index (χ1v) is 14.2. The Morgan fingerprint density at radius 3 is 1.52 bits per heavy atom. The van der Waals surface area contributed by atoms with Crippen LogP contribution in [-0.4, -0.2) is 27.3 Å². The third-order valence-electron chi connectivity index (χ3n) is 7.80. The first-order valence-electron chi connectivity index (χ1n) is 14.2. The van der Waals surface area contributed by atoms with Crippen molar-refractivity contribution in [3.8, 4) is 11.1 Å². The lowest BCUT2D eigenvalue weighted by molar-refractivity contribution is -0.110. The number of hydrogen-bond acceptors (Lipinski definition) is 5. The standard InChI is InChI=1S/C14H8O2.C13H8O.C12H8N2/c15-13-11-7-3-1-5-9(11)10-6-2-4-8-12(10)14(13)16;14-13-7-3-6-11-10-5-2-1-4-9(10)8-12(11)13;1-3-9-5-6-10-4-2-8-14-12(10)11(9)13-7-1/h1-8H;2*1-8H. The summed E-state index contributed by atoms with van der Waals surface area (Å²) >= 11 is 0. The van der Waals surface area contributed by atoms with Crippen molar-refractivity contribution in [3.05, 3.63) is 168 Å². The van der Waals surface area contributed by atoms with E-state index in [4.69, 9.17) is 0 Å². The highest BCUT2D eigenvalue weighted by Gasteiger charge is 2.29. The van der Waals surface area contributed by atoms with Crippen molar-refractivity contribution in [2.45, 2.75) is 0 Å². The monoisotopic (exact) mass is 568 g/mol. The second-order valence-electron chi connectivity index (χ2n) is 10.4. The number of aromatic nitrogens is 2. The molecule has 2 heterocycles. The molecule has 0 atom stereocenters. The van der Waals surface area contributed by atoms with Crippen LogP contribution in [0.15, 0.2) is 145 Å². The van der Waals surface area contributed by atoms with E-state index in [0.29, 0.717) is 11.1 Å². The quantitative estimate of drug-likeness (QED) is 0.137. The first kappa shape index (κ1) is 26.8. The van der Waals surface area contributed by atoms with Gasteiger partial charge >= 0.3 is 0 Å². The van der Waals surface area contributed by atoms with Gasteiger partial charge in [-0.15, -0.1) is 0 Å². The van der Waals surface area contributed by atoms with Crippen LogP contribution in [0.1, 0.15) is 31.8 Å². The van der Waals surface area contributed by atoms with Gasteiger partial charge in [0.25, 0.3) is 0 Å². The Kier molecular flexibility index (Phi) is 6.89. The molecule has 6 aromatic rings. The zero-order chi connectivity index (χ0) is 30.0. The van der Waals surface area contributed by atoms with Gasteiger partial charge in [-0.1, -0.05) is 109 Å². The molecule has 3 aliphatic carbocycles. The molecule has 44 heavy (non-hydrogen) atoms. The number of nitrogens with zero attached hydrogens (tertiary/aromatic N) is 2. The Bertz CT molecular complexity index is 2130. The van der Waals surface area contributed by atoms with Gasteiger partial charge in [0.1, 0.15) is 0 Å². The van der Waals surface area contributed by atoms with E-state index in [1.165, 1.54) is 5.56 Å². The van der Waals surface area contributed by atoms with E-state index in [2.05, 4.69) is 40.3 Å². The van der Waals surface area contributed by atoms with E-state index >= 15 is 0 Å². The average molecular weight is 569 g/mol. The highest BCUT2D eigenvalue weighted by Crippen LogP contribution is 2.37. The van der Waals surface area contributed by atoms with E-state index in [9.17, 15) is 14.4 Å². The van der Waals surface area contributed by atoms with Gasteiger partial charge in [0, 0.05) is 39.9 Å². The smallest absolute Gasteiger partial charge is 0.234 e. The molecule has 0 unspecified atom stereocenters. The number of benzene rings is 4. The van der Waals surface area contributed by atoms with Crippen molar-refractivity contribution in [2.24, 2.45) is 0 Å². The molecular formula is C39H24N2O3. The molecule has 0 bridgehead atoms. The SMILES string of the molecule is O=C1C(=O)c2ccccc2-c2ccccc21.O=C1C=CC=C2C1=Cc1ccccc12.c1cnc2c(c1)ccc1cccnc12. The van der Waals surface area contributed by atoms with Crippen LogP contribution >= 0.6 is 0 Å². The second kappa shape index (κ2) is 11.3. The van der Waals surface area contributed by atoms with E-state index in [-0.39, 0.29) is 5.78 Å². The Morgan fingerprint density at radius 1 is 0.455 bits per heavy atom. The van der Waals surface area contributed by atoms with E-state index in [1.54, 1.807) is 42.7 Å². The van der Waals surface area contributed by atoms with E-state index in [0.717, 1.165) is 49.6 Å². The van der Waals surface area contributed by atoms with Crippen molar-refractivity contribution in [1.82, 2.24) is 9.97 Å². The number of allylic oxidation sites excluding steroid dienone is 5. The maximum absolute atomic E-state index is 11.8. The lowest BCUT2D eigenvalue weighted by Crippen LogP contribution is -2.20. The molecule has 0 spiro atoms. The van der Waals surface area contributed by atoms with Crippen LogP contribution in [0.2, 0.25) is 0 Å². The largest absolute Gasteiger partial charge is 0.289 e. The number of pyridine rings is 2. The number of Topliss-reactive ketones (excluding diaryl/α,β-unsaturated/α-hetero) is 2. The maximum Gasteiger partial charge on any atom is 0.234 e. The lowest BCUT2D eigenvalue weighted by Gasteiger charge is -2.16. The fraction of sp³-hybridized carbons (Fsp3) is 0. The van der Waals surface area contributed by atoms with Gasteiger partial charge in [-0.2, -0.15) is 0 Å². The summed E-state index contributed by atoms with van der Waals surface area (Å²) in [6.07, 6.45) is 11.0. The number of carbonyl (C=O) groups excluding carboxylic acids is 3. The van der Waals surface area contributed by atoms with Crippen molar-refractivity contribution in [1.29, 1.82) is 0 Å². The molecule has 5 heteroatoms. The van der Waals surface area contributed by atoms with E-state index < -0.39 is 11.6 Å². The minimum Gasteiger partial charge on any atom is -0.289 e. The van der Waals surface area contributed by atoms with E-state index in [1.807, 2.05) is 72.8 Å². The van der Waals surface area contributed by atoms with Crippen molar-refractivity contribution < 1.29 is 14.4 Å². The fourth-order valence-electron chi connectivity index (χ4n) is 5.71. The molecule has 0 N–H and O–H groups in total. The van der Waals surface area contributed by atoms with Crippen LogP contribution < -0.4 is 0 Å². The molecule has 0 aliphatic heterocycles. The molecular weight excluding hydrogens is 544 g/mol. The van der Waals surface area contributed by atoms with Gasteiger partial charge in [-0.05, 0) is 52.1 Å². The predicted molar refractivity (Wildman–Crippen MR) is 174 cm³/mol. The van der Waals surface area contributed by atoms with Gasteiger partial charge in [0.15, 0.2) is 5.78 Å². The Hall–Kier alpha value is -6.07. The number of fused-ring (bicyclic) bond motifs is 9. The minimum absolute atomic E-state index is 0.110. The minimum atomic E-state index is -0.408. The molecule has 3 aliphatic rings. The highest BCUT2D eigenvalue weighted by molar-refractivity contribution is 6.53. The molecule has 208 valence electrons. The van der Waals surface area contributed by atoms with Crippen LogP contribution in [0.3, 0.4) is 0 Å². The molecule has 0 amide bonds. The Balaban J connectivity index is 0.000000107. The van der Waals surface area contributed by atoms with Crippen molar-refractivity contribution in [3.63, 3.8) is 0 Å². The number of hydrogen-bond donors (Lipinski definition) is 0. The summed E-state index contributed by atoms with van der Waals surface area (Å²) in [6, 6.07) is 34.7. The van der Waals surface area contributed by atoms with Gasteiger partial charge in [-0.3, -0.25) is 24.4 Å². The van der Waals surface area contributed by atoms with Crippen LogP contribution in [0.5, 0.6) is 0 Å². The molecule has 0 saturated heterocycles. The van der Waals surface area contributed by atoms with Gasteiger partial charge in [0.2, 0.25) is 11.6 Å². The highest BCUT2D eigenvalue weighted by atomic mass is 16.2. The summed E-state index contributed by atoms with van der Waals surface area (Å²) in [5.74, 6) is -0.706. The zero-order valence-electron chi connectivity index (χ0n) is 23.5. The van der Waals surface area contributed by atoms with Gasteiger partial charge in [0.05, 0.1) is 11.0 Å². The van der Waals surface area contributed by atoms with Gasteiger partial charge < -0.3 is 0 Å². The fourth-order valence-corrected chi connectivity index (χ4v) is 5.71. The molecule has 0 radical (unpaired) electrons. The summed E-state index contributed by atoms with van der Waals surface area (Å²) in [5.41, 5.74) is 8.87. The van der Waals surface area contributed by atoms with Crippen LogP contribution in [0.4, 0.5) is 0 Å². The van der Waals surface area contributed by atoms with Crippen LogP contribution in [0, 0.1) is 0 Å². The number of rotatable bonds is 0. The summed E-state index contributed by atoms with van der Waals surface area (Å²) in [5, 5.41) is 2.28. The molecule has 2 aromatic heterocycles. The summed E-state index contributed by atoms with van der Waals surface area (Å²) in [6.45, 7) is 0. The molecule has 0 saturated carbocycles. The molecule has 4 aromatic carbocycles. The summed E-state index contributed by atoms with van der Waals surface area (Å²) in [7, 11) is 0. The summed E-state index contributed by atoms with van der Waals surface area (Å²) in [4.78, 5) is 43.9.